The minimum Gasteiger partial charge on any atom is -0.399 e. The number of carbonyl (C=O) groups is 1. The van der Waals surface area contributed by atoms with E-state index < -0.39 is 21.0 Å². The zero-order valence-corrected chi connectivity index (χ0v) is 13.0. The first kappa shape index (κ1) is 13.3. The van der Waals surface area contributed by atoms with Crippen LogP contribution in [0.3, 0.4) is 0 Å². The van der Waals surface area contributed by atoms with Gasteiger partial charge in [0.25, 0.3) is 0 Å². The van der Waals surface area contributed by atoms with E-state index in [0.717, 1.165) is 18.6 Å². The molecule has 0 spiro atoms. The maximum Gasteiger partial charge on any atom is 0.218 e. The smallest absolute Gasteiger partial charge is 0.218 e. The van der Waals surface area contributed by atoms with Gasteiger partial charge in [-0.25, -0.2) is 0 Å². The summed E-state index contributed by atoms with van der Waals surface area (Å²) >= 11 is -0.403. The van der Waals surface area contributed by atoms with Crippen molar-refractivity contribution >= 4 is 36.6 Å². The van der Waals surface area contributed by atoms with Crippen LogP contribution in [-0.2, 0) is 4.79 Å². The maximum absolute atomic E-state index is 11.1. The molecule has 2 N–H and O–H groups in total. The van der Waals surface area contributed by atoms with E-state index >= 15 is 0 Å². The van der Waals surface area contributed by atoms with Crippen molar-refractivity contribution in [2.45, 2.75) is 5.92 Å². The van der Waals surface area contributed by atoms with Crippen LogP contribution < -0.4 is 5.73 Å². The van der Waals surface area contributed by atoms with Gasteiger partial charge in [0.15, 0.2) is 0 Å². The Morgan fingerprint density at radius 1 is 1.10 bits per heavy atom. The predicted octanol–water partition coefficient (Wildman–Crippen LogP) is 2.93. The van der Waals surface area contributed by atoms with Crippen molar-refractivity contribution in [2.24, 2.45) is 0 Å². The van der Waals surface area contributed by atoms with Gasteiger partial charge in [0.05, 0.1) is 0 Å². The largest absolute Gasteiger partial charge is 0.399 e. The molecule has 0 radical (unpaired) electrons. The Morgan fingerprint density at radius 3 is 2.45 bits per heavy atom. The van der Waals surface area contributed by atoms with Gasteiger partial charge in [0, 0.05) is 42.7 Å². The number of halogens is 1. The zero-order valence-electron chi connectivity index (χ0n) is 10.9. The van der Waals surface area contributed by atoms with Crippen LogP contribution in [0.25, 0.3) is 0 Å². The maximum atomic E-state index is 11.1. The molecule has 2 aromatic rings. The lowest BCUT2D eigenvalue weighted by Gasteiger charge is -2.15. The van der Waals surface area contributed by atoms with Crippen molar-refractivity contribution in [1.82, 2.24) is 3.11 Å². The van der Waals surface area contributed by atoms with Gasteiger partial charge < -0.3 is 5.73 Å². The normalized spacial score (nSPS) is 18.3. The molecule has 102 valence electrons. The van der Waals surface area contributed by atoms with E-state index in [1.165, 1.54) is 14.6 Å². The molecule has 1 aliphatic rings. The highest BCUT2D eigenvalue weighted by atomic mass is 127. The number of nitrogens with zero attached hydrogens (tertiary/aromatic N) is 1. The van der Waals surface area contributed by atoms with Crippen molar-refractivity contribution in [3.05, 3.63) is 65.7 Å². The van der Waals surface area contributed by atoms with E-state index in [9.17, 15) is 4.79 Å². The summed E-state index contributed by atoms with van der Waals surface area (Å²) in [6.45, 7) is 0.792. The van der Waals surface area contributed by atoms with Crippen LogP contribution in [0, 0.1) is 0 Å². The van der Waals surface area contributed by atoms with Crippen LogP contribution in [0.2, 0.25) is 0 Å². The first-order chi connectivity index (χ1) is 9.78. The summed E-state index contributed by atoms with van der Waals surface area (Å²) in [5, 5.41) is 0. The number of nitrogen functional groups attached to an aromatic ring is 1. The van der Waals surface area contributed by atoms with E-state index in [4.69, 9.17) is 5.73 Å². The number of benzene rings is 2. The fourth-order valence-electron chi connectivity index (χ4n) is 2.36. The van der Waals surface area contributed by atoms with Gasteiger partial charge in [-0.3, -0.25) is 7.91 Å². The van der Waals surface area contributed by atoms with Gasteiger partial charge in [0.2, 0.25) is 6.41 Å². The molecule has 3 rings (SSSR count). The van der Waals surface area contributed by atoms with Crippen LogP contribution in [0.1, 0.15) is 17.0 Å². The fourth-order valence-corrected chi connectivity index (χ4v) is 5.26. The zero-order chi connectivity index (χ0) is 13.9. The molecular formula is C16H15IN2O. The second-order valence-corrected chi connectivity index (χ2v) is 7.59. The second kappa shape index (κ2) is 5.75. The summed E-state index contributed by atoms with van der Waals surface area (Å²) in [5.74, 6) is 0.317. The van der Waals surface area contributed by atoms with Gasteiger partial charge in [-0.05, 0) is 23.3 Å². The van der Waals surface area contributed by atoms with E-state index in [0.29, 0.717) is 5.92 Å². The van der Waals surface area contributed by atoms with Gasteiger partial charge in [-0.1, -0.05) is 42.5 Å². The molecule has 1 atom stereocenters. The third kappa shape index (κ3) is 2.60. The molecular weight excluding hydrogens is 363 g/mol. The van der Waals surface area contributed by atoms with Crippen molar-refractivity contribution in [2.75, 3.05) is 12.3 Å². The highest BCUT2D eigenvalue weighted by Gasteiger charge is 2.27. The van der Waals surface area contributed by atoms with E-state index in [2.05, 4.69) is 36.4 Å². The Balaban J connectivity index is 2.00. The average Bonchev–Trinajstić information content (AvgIpc) is 2.93. The molecule has 0 aliphatic carbocycles. The molecule has 1 unspecified atom stereocenters. The molecule has 1 aliphatic heterocycles. The van der Waals surface area contributed by atoms with Crippen LogP contribution >= 0.6 is 21.0 Å². The molecule has 0 bridgehead atoms. The van der Waals surface area contributed by atoms with Crippen LogP contribution in [-0.4, -0.2) is 19.6 Å². The summed E-state index contributed by atoms with van der Waals surface area (Å²) < 4.78 is 3.32. The molecule has 0 saturated heterocycles. The molecule has 0 saturated carbocycles. The number of anilines is 1. The standard InChI is InChI=1S/C16H15IN2O/c18-14-8-6-13(7-9-14)16-15(10-19(11-20)17-16)12-4-2-1-3-5-12/h1-9,11,15H,10,18H2. The van der Waals surface area contributed by atoms with Crippen molar-refractivity contribution in [3.63, 3.8) is 0 Å². The SMILES string of the molecule is Nc1ccc(C2=IN(C=O)CC2c2ccccc2)cc1. The second-order valence-electron chi connectivity index (χ2n) is 4.71. The van der Waals surface area contributed by atoms with Gasteiger partial charge in [0.1, 0.15) is 0 Å². The molecule has 1 amide bonds. The van der Waals surface area contributed by atoms with E-state index in [1.54, 1.807) is 0 Å². The fraction of sp³-hybridized carbons (Fsp3) is 0.125. The Morgan fingerprint density at radius 2 is 1.80 bits per heavy atom. The lowest BCUT2D eigenvalue weighted by atomic mass is 9.92. The summed E-state index contributed by atoms with van der Waals surface area (Å²) in [7, 11) is 0. The van der Waals surface area contributed by atoms with Crippen LogP contribution in [0.5, 0.6) is 0 Å². The lowest BCUT2D eigenvalue weighted by molar-refractivity contribution is -0.112. The van der Waals surface area contributed by atoms with Crippen molar-refractivity contribution in [1.29, 1.82) is 0 Å². The molecule has 2 aromatic carbocycles. The minimum atomic E-state index is -0.403. The summed E-state index contributed by atoms with van der Waals surface area (Å²) in [5.41, 5.74) is 9.02. The highest BCUT2D eigenvalue weighted by molar-refractivity contribution is 14.2. The lowest BCUT2D eigenvalue weighted by Crippen LogP contribution is -2.17. The van der Waals surface area contributed by atoms with E-state index in [1.807, 2.05) is 21.3 Å². The first-order valence-corrected chi connectivity index (χ1v) is 8.47. The quantitative estimate of drug-likeness (QED) is 0.387. The van der Waals surface area contributed by atoms with Gasteiger partial charge in [-0.2, -0.15) is 0 Å². The predicted molar refractivity (Wildman–Crippen MR) is 90.9 cm³/mol. The first-order valence-electron chi connectivity index (χ1n) is 6.42. The van der Waals surface area contributed by atoms with Crippen LogP contribution in [0.4, 0.5) is 5.69 Å². The Kier molecular flexibility index (Phi) is 3.82. The third-order valence-corrected chi connectivity index (χ3v) is 6.50. The molecule has 20 heavy (non-hydrogen) atoms. The Labute approximate surface area is 128 Å². The van der Waals surface area contributed by atoms with Crippen LogP contribution in [0.15, 0.2) is 54.6 Å². The highest BCUT2D eigenvalue weighted by Crippen LogP contribution is 2.35. The number of hydrogen-bond acceptors (Lipinski definition) is 2. The molecule has 3 nitrogen and oxygen atoms in total. The number of amides is 1. The topological polar surface area (TPSA) is 46.3 Å². The Bertz CT molecular complexity index is 637. The number of nitrogens with two attached hydrogens (primary N) is 1. The van der Waals surface area contributed by atoms with E-state index in [-0.39, 0.29) is 0 Å². The van der Waals surface area contributed by atoms with Gasteiger partial charge >= 0.3 is 0 Å². The minimum absolute atomic E-state index is 0.317. The number of hydrogen-bond donors (Lipinski definition) is 1. The Hall–Kier alpha value is -1.69. The molecule has 4 heteroatoms. The van der Waals surface area contributed by atoms with Crippen molar-refractivity contribution < 1.29 is 4.79 Å². The average molecular weight is 378 g/mol. The summed E-state index contributed by atoms with van der Waals surface area (Å²) in [4.78, 5) is 11.1. The number of carbonyl (C=O) groups excluding carboxylic acids is 1. The molecule has 1 heterocycles. The summed E-state index contributed by atoms with van der Waals surface area (Å²) in [6.07, 6.45) is 0.980. The number of rotatable bonds is 3. The van der Waals surface area contributed by atoms with Crippen molar-refractivity contribution in [3.8, 4) is 0 Å². The monoisotopic (exact) mass is 378 g/mol. The molecule has 0 aromatic heterocycles. The summed E-state index contributed by atoms with van der Waals surface area (Å²) in [6, 6.07) is 18.4. The van der Waals surface area contributed by atoms with Gasteiger partial charge in [-0.15, -0.1) is 0 Å². The third-order valence-electron chi connectivity index (χ3n) is 3.37. The molecule has 0 fully saturated rings.